The number of para-hydroxylation sites is 1. The summed E-state index contributed by atoms with van der Waals surface area (Å²) in [6.07, 6.45) is 2.01. The highest BCUT2D eigenvalue weighted by atomic mass is 19.1. The van der Waals surface area contributed by atoms with Gasteiger partial charge >= 0.3 is 0 Å². The summed E-state index contributed by atoms with van der Waals surface area (Å²) in [7, 11) is 0. The number of halogens is 1. The van der Waals surface area contributed by atoms with Crippen molar-refractivity contribution in [3.63, 3.8) is 0 Å². The third kappa shape index (κ3) is 3.66. The Bertz CT molecular complexity index is 538. The van der Waals surface area contributed by atoms with Gasteiger partial charge in [0.2, 0.25) is 0 Å². The molecule has 2 heterocycles. The average Bonchev–Trinajstić information content (AvgIpc) is 2.92. The second-order valence-corrected chi connectivity index (χ2v) is 6.53. The smallest absolute Gasteiger partial charge is 0.263 e. The highest BCUT2D eigenvalue weighted by Gasteiger charge is 2.33. The maximum Gasteiger partial charge on any atom is 0.263 e. The fraction of sp³-hybridized carbons (Fsp3) is 0.611. The predicted octanol–water partition coefficient (Wildman–Crippen LogP) is 2.44. The number of fused-ring (bicyclic) bond motifs is 1. The van der Waals surface area contributed by atoms with Gasteiger partial charge in [0.25, 0.3) is 5.91 Å². The van der Waals surface area contributed by atoms with Gasteiger partial charge in [-0.2, -0.15) is 0 Å². The fourth-order valence-electron chi connectivity index (χ4n) is 3.64. The summed E-state index contributed by atoms with van der Waals surface area (Å²) in [4.78, 5) is 14.7. The normalized spacial score (nSPS) is 25.6. The van der Waals surface area contributed by atoms with Crippen molar-refractivity contribution in [2.45, 2.75) is 32.3 Å². The molecule has 0 radical (unpaired) electrons. The maximum absolute atomic E-state index is 13.8. The first-order valence-electron chi connectivity index (χ1n) is 8.59. The molecule has 0 bridgehead atoms. The number of nitrogens with one attached hydrogen (secondary N) is 1. The van der Waals surface area contributed by atoms with E-state index in [1.165, 1.54) is 6.07 Å². The lowest BCUT2D eigenvalue weighted by molar-refractivity contribution is -0.139. The minimum Gasteiger partial charge on any atom is -0.478 e. The van der Waals surface area contributed by atoms with Crippen LogP contribution in [-0.4, -0.2) is 43.1 Å². The molecule has 0 aliphatic carbocycles. The molecule has 2 aliphatic heterocycles. The van der Waals surface area contributed by atoms with E-state index in [0.29, 0.717) is 18.3 Å². The van der Waals surface area contributed by atoms with E-state index >= 15 is 0 Å². The van der Waals surface area contributed by atoms with Gasteiger partial charge in [0.05, 0.1) is 0 Å². The summed E-state index contributed by atoms with van der Waals surface area (Å²) in [5, 5.41) is 3.44. The van der Waals surface area contributed by atoms with Crippen LogP contribution >= 0.6 is 0 Å². The largest absolute Gasteiger partial charge is 0.478 e. The quantitative estimate of drug-likeness (QED) is 0.926. The van der Waals surface area contributed by atoms with Crippen LogP contribution in [0.25, 0.3) is 0 Å². The number of benzene rings is 1. The molecule has 0 spiro atoms. The van der Waals surface area contributed by atoms with E-state index in [9.17, 15) is 9.18 Å². The molecule has 2 saturated heterocycles. The van der Waals surface area contributed by atoms with Gasteiger partial charge in [-0.1, -0.05) is 19.1 Å². The first-order valence-corrected chi connectivity index (χ1v) is 8.59. The Balaban J connectivity index is 1.64. The zero-order chi connectivity index (χ0) is 16.2. The van der Waals surface area contributed by atoms with Crippen molar-refractivity contribution in [2.75, 3.05) is 26.2 Å². The van der Waals surface area contributed by atoms with Crippen LogP contribution in [0.1, 0.15) is 26.2 Å². The fourth-order valence-corrected chi connectivity index (χ4v) is 3.64. The van der Waals surface area contributed by atoms with Crippen LogP contribution in [0.4, 0.5) is 4.39 Å². The summed E-state index contributed by atoms with van der Waals surface area (Å²) in [6, 6.07) is 6.26. The lowest BCUT2D eigenvalue weighted by Crippen LogP contribution is -2.42. The van der Waals surface area contributed by atoms with Crippen LogP contribution in [0.15, 0.2) is 24.3 Å². The van der Waals surface area contributed by atoms with Crippen LogP contribution in [0.5, 0.6) is 5.75 Å². The Kier molecular flexibility index (Phi) is 5.16. The molecule has 5 heteroatoms. The van der Waals surface area contributed by atoms with Crippen molar-refractivity contribution >= 4 is 5.91 Å². The first-order chi connectivity index (χ1) is 11.2. The van der Waals surface area contributed by atoms with E-state index < -0.39 is 11.9 Å². The van der Waals surface area contributed by atoms with Crippen LogP contribution in [-0.2, 0) is 4.79 Å². The summed E-state index contributed by atoms with van der Waals surface area (Å²) in [5.74, 6) is 1.09. The Morgan fingerprint density at radius 1 is 1.30 bits per heavy atom. The van der Waals surface area contributed by atoms with Gasteiger partial charge in [0, 0.05) is 13.1 Å². The summed E-state index contributed by atoms with van der Waals surface area (Å²) >= 11 is 0. The first kappa shape index (κ1) is 16.2. The Morgan fingerprint density at radius 2 is 1.96 bits per heavy atom. The Hall–Kier alpha value is -1.62. The second-order valence-electron chi connectivity index (χ2n) is 6.53. The van der Waals surface area contributed by atoms with Crippen molar-refractivity contribution in [2.24, 2.45) is 11.8 Å². The minimum atomic E-state index is -0.608. The molecule has 126 valence electrons. The molecule has 0 saturated carbocycles. The van der Waals surface area contributed by atoms with E-state index in [0.717, 1.165) is 39.0 Å². The topological polar surface area (TPSA) is 41.6 Å². The van der Waals surface area contributed by atoms with Gasteiger partial charge in [0.1, 0.15) is 0 Å². The van der Waals surface area contributed by atoms with Gasteiger partial charge in [0.15, 0.2) is 17.7 Å². The van der Waals surface area contributed by atoms with Gasteiger partial charge in [-0.15, -0.1) is 0 Å². The molecule has 1 amide bonds. The van der Waals surface area contributed by atoms with E-state index in [2.05, 4.69) is 5.32 Å². The molecule has 1 aromatic carbocycles. The number of likely N-dealkylation sites (tertiary alicyclic amines) is 1. The number of ether oxygens (including phenoxy) is 1. The number of carbonyl (C=O) groups excluding carboxylic acids is 1. The highest BCUT2D eigenvalue weighted by molar-refractivity contribution is 5.81. The number of nitrogens with zero attached hydrogens (tertiary/aromatic N) is 1. The third-order valence-corrected chi connectivity index (χ3v) is 5.08. The molecule has 1 N–H and O–H groups in total. The SMILES string of the molecule is CCC(Oc1ccccc1F)C(=O)N1CC[C@@H]2CNC[C@@H]2CC1. The molecule has 3 atom stereocenters. The molecule has 23 heavy (non-hydrogen) atoms. The number of hydrogen-bond acceptors (Lipinski definition) is 3. The molecule has 2 aliphatic rings. The lowest BCUT2D eigenvalue weighted by atomic mass is 9.92. The molecule has 3 rings (SSSR count). The van der Waals surface area contributed by atoms with E-state index in [1.54, 1.807) is 18.2 Å². The predicted molar refractivity (Wildman–Crippen MR) is 86.8 cm³/mol. The van der Waals surface area contributed by atoms with Crippen molar-refractivity contribution in [3.05, 3.63) is 30.1 Å². The average molecular weight is 320 g/mol. The molecule has 1 aromatic rings. The molecular weight excluding hydrogens is 295 g/mol. The third-order valence-electron chi connectivity index (χ3n) is 5.08. The number of hydrogen-bond donors (Lipinski definition) is 1. The van der Waals surface area contributed by atoms with Crippen LogP contribution in [0.2, 0.25) is 0 Å². The van der Waals surface area contributed by atoms with Gasteiger partial charge in [-0.3, -0.25) is 4.79 Å². The molecular formula is C18H25FN2O2. The van der Waals surface area contributed by atoms with Crippen molar-refractivity contribution in [1.82, 2.24) is 10.2 Å². The summed E-state index contributed by atoms with van der Waals surface area (Å²) in [6.45, 7) is 5.59. The van der Waals surface area contributed by atoms with Crippen LogP contribution < -0.4 is 10.1 Å². The van der Waals surface area contributed by atoms with E-state index in [1.807, 2.05) is 11.8 Å². The van der Waals surface area contributed by atoms with Gasteiger partial charge < -0.3 is 15.0 Å². The van der Waals surface area contributed by atoms with Crippen LogP contribution in [0, 0.1) is 17.7 Å². The van der Waals surface area contributed by atoms with Crippen molar-refractivity contribution in [1.29, 1.82) is 0 Å². The van der Waals surface area contributed by atoms with Crippen molar-refractivity contribution in [3.8, 4) is 5.75 Å². The Morgan fingerprint density at radius 3 is 2.57 bits per heavy atom. The highest BCUT2D eigenvalue weighted by Crippen LogP contribution is 2.28. The lowest BCUT2D eigenvalue weighted by Gasteiger charge is -2.26. The van der Waals surface area contributed by atoms with Gasteiger partial charge in [-0.25, -0.2) is 4.39 Å². The second kappa shape index (κ2) is 7.30. The van der Waals surface area contributed by atoms with E-state index in [-0.39, 0.29) is 11.7 Å². The van der Waals surface area contributed by atoms with E-state index in [4.69, 9.17) is 4.74 Å². The molecule has 0 aromatic heterocycles. The molecule has 1 unspecified atom stereocenters. The standard InChI is InChI=1S/C18H25FN2O2/c1-2-16(23-17-6-4-3-5-15(17)19)18(22)21-9-7-13-11-20-12-14(13)8-10-21/h3-6,13-14,16,20H,2,7-12H2,1H3/t13-,14+,16?. The number of rotatable bonds is 4. The maximum atomic E-state index is 13.8. The van der Waals surface area contributed by atoms with Crippen LogP contribution in [0.3, 0.4) is 0 Å². The number of amides is 1. The molecule has 4 nitrogen and oxygen atoms in total. The Labute approximate surface area is 137 Å². The minimum absolute atomic E-state index is 0.0105. The number of carbonyl (C=O) groups is 1. The van der Waals surface area contributed by atoms with Crippen molar-refractivity contribution < 1.29 is 13.9 Å². The molecule has 2 fully saturated rings. The summed E-state index contributed by atoms with van der Waals surface area (Å²) in [5.41, 5.74) is 0. The zero-order valence-electron chi connectivity index (χ0n) is 13.6. The monoisotopic (exact) mass is 320 g/mol. The van der Waals surface area contributed by atoms with Gasteiger partial charge in [-0.05, 0) is 56.3 Å². The summed E-state index contributed by atoms with van der Waals surface area (Å²) < 4.78 is 19.4. The zero-order valence-corrected chi connectivity index (χ0v) is 13.6.